The number of ether oxygens (including phenoxy) is 1. The van der Waals surface area contributed by atoms with Crippen molar-refractivity contribution in [3.63, 3.8) is 0 Å². The number of hydrogen-bond acceptors (Lipinski definition) is 4. The number of amides is 2. The second kappa shape index (κ2) is 11.0. The highest BCUT2D eigenvalue weighted by molar-refractivity contribution is 5.91. The lowest BCUT2D eigenvalue weighted by Crippen LogP contribution is -2.50. The van der Waals surface area contributed by atoms with Gasteiger partial charge in [-0.25, -0.2) is 4.79 Å². The van der Waals surface area contributed by atoms with E-state index in [1.165, 1.54) is 0 Å². The Morgan fingerprint density at radius 1 is 1.07 bits per heavy atom. The third-order valence-electron chi connectivity index (χ3n) is 5.72. The molecule has 1 N–H and O–H groups in total. The molecule has 1 saturated heterocycles. The summed E-state index contributed by atoms with van der Waals surface area (Å²) in [5.41, 5.74) is 1.87. The number of nitrogens with zero attached hydrogens (tertiary/aromatic N) is 3. The third kappa shape index (κ3) is 5.74. The minimum absolute atomic E-state index is 0.0284. The molecule has 0 spiro atoms. The molecule has 0 saturated carbocycles. The van der Waals surface area contributed by atoms with Crippen LogP contribution in [0, 0.1) is 0 Å². The number of carbonyl (C=O) groups is 1. The van der Waals surface area contributed by atoms with Crippen molar-refractivity contribution < 1.29 is 9.53 Å². The minimum Gasteiger partial charge on any atom is -0.490 e. The molecule has 0 radical (unpaired) electrons. The fraction of sp³-hybridized carbons (Fsp3) is 0.458. The molecule has 0 aliphatic carbocycles. The fourth-order valence-corrected chi connectivity index (χ4v) is 3.83. The van der Waals surface area contributed by atoms with Gasteiger partial charge in [0, 0.05) is 26.2 Å². The summed E-state index contributed by atoms with van der Waals surface area (Å²) in [4.78, 5) is 19.7. The zero-order valence-electron chi connectivity index (χ0n) is 18.4. The number of urea groups is 1. The molecule has 1 atom stereocenters. The van der Waals surface area contributed by atoms with Gasteiger partial charge in [0.1, 0.15) is 12.4 Å². The molecule has 1 fully saturated rings. The van der Waals surface area contributed by atoms with Gasteiger partial charge in [-0.2, -0.15) is 0 Å². The summed E-state index contributed by atoms with van der Waals surface area (Å²) in [5.74, 6) is 0.711. The summed E-state index contributed by atoms with van der Waals surface area (Å²) >= 11 is 0. The predicted octanol–water partition coefficient (Wildman–Crippen LogP) is 3.93. The van der Waals surface area contributed by atoms with Crippen molar-refractivity contribution >= 4 is 11.7 Å². The predicted molar refractivity (Wildman–Crippen MR) is 122 cm³/mol. The van der Waals surface area contributed by atoms with Crippen molar-refractivity contribution in [3.05, 3.63) is 60.2 Å². The van der Waals surface area contributed by atoms with Gasteiger partial charge in [-0.3, -0.25) is 0 Å². The summed E-state index contributed by atoms with van der Waals surface area (Å²) in [7, 11) is 2.10. The van der Waals surface area contributed by atoms with Gasteiger partial charge in [0.15, 0.2) is 0 Å². The van der Waals surface area contributed by atoms with Gasteiger partial charge in [0.2, 0.25) is 0 Å². The Bertz CT molecular complexity index is 795. The largest absolute Gasteiger partial charge is 0.490 e. The zero-order chi connectivity index (χ0) is 21.3. The van der Waals surface area contributed by atoms with E-state index in [9.17, 15) is 4.79 Å². The molecule has 1 heterocycles. The maximum Gasteiger partial charge on any atom is 0.322 e. The van der Waals surface area contributed by atoms with Crippen LogP contribution in [0.4, 0.5) is 10.5 Å². The number of benzene rings is 2. The van der Waals surface area contributed by atoms with Crippen LogP contribution < -0.4 is 10.1 Å². The Morgan fingerprint density at radius 3 is 2.50 bits per heavy atom. The highest BCUT2D eigenvalue weighted by atomic mass is 16.5. The Kier molecular flexibility index (Phi) is 8.11. The minimum atomic E-state index is -0.0863. The second-order valence-corrected chi connectivity index (χ2v) is 7.68. The van der Waals surface area contributed by atoms with Gasteiger partial charge in [-0.15, -0.1) is 0 Å². The first kappa shape index (κ1) is 22.1. The van der Waals surface area contributed by atoms with E-state index < -0.39 is 0 Å². The topological polar surface area (TPSA) is 48.1 Å². The van der Waals surface area contributed by atoms with Gasteiger partial charge in [-0.05, 0) is 37.8 Å². The molecule has 162 valence electrons. The first-order chi connectivity index (χ1) is 14.6. The number of rotatable bonds is 8. The van der Waals surface area contributed by atoms with Crippen molar-refractivity contribution in [2.75, 3.05) is 58.2 Å². The highest BCUT2D eigenvalue weighted by Gasteiger charge is 2.30. The summed E-state index contributed by atoms with van der Waals surface area (Å²) in [6, 6.07) is 17.9. The summed E-state index contributed by atoms with van der Waals surface area (Å²) in [5, 5.41) is 3.09. The van der Waals surface area contributed by atoms with Crippen LogP contribution in [0.25, 0.3) is 0 Å². The molecule has 2 aromatic rings. The summed E-state index contributed by atoms with van der Waals surface area (Å²) in [6.45, 7) is 10.1. The number of anilines is 1. The molecule has 2 aromatic carbocycles. The van der Waals surface area contributed by atoms with E-state index in [2.05, 4.69) is 48.1 Å². The summed E-state index contributed by atoms with van der Waals surface area (Å²) < 4.78 is 6.00. The number of likely N-dealkylation sites (N-methyl/N-ethyl adjacent to an activating group) is 2. The molecule has 3 rings (SSSR count). The number of nitrogens with one attached hydrogen (secondary N) is 1. The van der Waals surface area contributed by atoms with E-state index in [0.717, 1.165) is 38.3 Å². The maximum absolute atomic E-state index is 13.2. The molecule has 0 unspecified atom stereocenters. The van der Waals surface area contributed by atoms with Crippen LogP contribution >= 0.6 is 0 Å². The SMILES string of the molecule is CCN(CC)CCOc1ccccc1NC(=O)N1CCN(C)C[C@H]1c1ccccc1. The van der Waals surface area contributed by atoms with Crippen LogP contribution in [-0.4, -0.2) is 73.7 Å². The van der Waals surface area contributed by atoms with E-state index in [0.29, 0.717) is 24.6 Å². The van der Waals surface area contributed by atoms with Gasteiger partial charge in [0.25, 0.3) is 0 Å². The second-order valence-electron chi connectivity index (χ2n) is 7.68. The molecule has 1 aliphatic rings. The summed E-state index contributed by atoms with van der Waals surface area (Å²) in [6.07, 6.45) is 0. The van der Waals surface area contributed by atoms with Gasteiger partial charge in [-0.1, -0.05) is 56.3 Å². The Labute approximate surface area is 180 Å². The number of piperazine rings is 1. The van der Waals surface area contributed by atoms with E-state index in [-0.39, 0.29) is 12.1 Å². The average molecular weight is 411 g/mol. The first-order valence-electron chi connectivity index (χ1n) is 10.9. The van der Waals surface area contributed by atoms with Crippen molar-refractivity contribution in [2.24, 2.45) is 0 Å². The van der Waals surface area contributed by atoms with Crippen molar-refractivity contribution in [3.8, 4) is 5.75 Å². The van der Waals surface area contributed by atoms with Gasteiger partial charge >= 0.3 is 6.03 Å². The first-order valence-corrected chi connectivity index (χ1v) is 10.9. The van der Waals surface area contributed by atoms with Crippen LogP contribution in [0.5, 0.6) is 5.75 Å². The van der Waals surface area contributed by atoms with Crippen molar-refractivity contribution in [2.45, 2.75) is 19.9 Å². The van der Waals surface area contributed by atoms with E-state index >= 15 is 0 Å². The third-order valence-corrected chi connectivity index (χ3v) is 5.72. The van der Waals surface area contributed by atoms with Crippen LogP contribution in [0.1, 0.15) is 25.5 Å². The molecule has 0 bridgehead atoms. The van der Waals surface area contributed by atoms with Crippen molar-refractivity contribution in [1.29, 1.82) is 0 Å². The van der Waals surface area contributed by atoms with E-state index in [4.69, 9.17) is 4.74 Å². The normalized spacial score (nSPS) is 17.2. The van der Waals surface area contributed by atoms with Crippen molar-refractivity contribution in [1.82, 2.24) is 14.7 Å². The molecule has 6 heteroatoms. The Morgan fingerprint density at radius 2 is 1.77 bits per heavy atom. The lowest BCUT2D eigenvalue weighted by Gasteiger charge is -2.40. The lowest BCUT2D eigenvalue weighted by atomic mass is 10.0. The van der Waals surface area contributed by atoms with Crippen LogP contribution in [0.2, 0.25) is 0 Å². The Balaban J connectivity index is 1.69. The van der Waals surface area contributed by atoms with Crippen LogP contribution in [0.15, 0.2) is 54.6 Å². The number of hydrogen-bond donors (Lipinski definition) is 1. The molecular weight excluding hydrogens is 376 g/mol. The molecule has 2 amide bonds. The van der Waals surface area contributed by atoms with Gasteiger partial charge < -0.3 is 24.8 Å². The maximum atomic E-state index is 13.2. The standard InChI is InChI=1S/C24H34N4O2/c1-4-27(5-2)17-18-30-23-14-10-9-13-21(23)25-24(29)28-16-15-26(3)19-22(28)20-11-7-6-8-12-20/h6-14,22H,4-5,15-19H2,1-3H3,(H,25,29)/t22-/m0/s1. The fourth-order valence-electron chi connectivity index (χ4n) is 3.83. The highest BCUT2D eigenvalue weighted by Crippen LogP contribution is 2.28. The smallest absolute Gasteiger partial charge is 0.322 e. The van der Waals surface area contributed by atoms with E-state index in [1.54, 1.807) is 0 Å². The van der Waals surface area contributed by atoms with E-state index in [1.807, 2.05) is 47.4 Å². The molecule has 30 heavy (non-hydrogen) atoms. The monoisotopic (exact) mass is 410 g/mol. The van der Waals surface area contributed by atoms with Crippen LogP contribution in [0.3, 0.4) is 0 Å². The Hall–Kier alpha value is -2.57. The molecule has 0 aromatic heterocycles. The molecule has 1 aliphatic heterocycles. The van der Waals surface area contributed by atoms with Crippen LogP contribution in [-0.2, 0) is 0 Å². The lowest BCUT2D eigenvalue weighted by molar-refractivity contribution is 0.116. The molecule has 6 nitrogen and oxygen atoms in total. The molecular formula is C24H34N4O2. The zero-order valence-corrected chi connectivity index (χ0v) is 18.4. The van der Waals surface area contributed by atoms with Gasteiger partial charge in [0.05, 0.1) is 11.7 Å². The average Bonchev–Trinajstić information content (AvgIpc) is 2.78. The quantitative estimate of drug-likeness (QED) is 0.716. The number of carbonyl (C=O) groups excluding carboxylic acids is 1. The number of para-hydroxylation sites is 2.